The number of halogens is 1. The van der Waals surface area contributed by atoms with Crippen LogP contribution in [0.5, 0.6) is 0 Å². The molecule has 2 fully saturated rings. The van der Waals surface area contributed by atoms with Crippen molar-refractivity contribution in [3.05, 3.63) is 46.1 Å². The summed E-state index contributed by atoms with van der Waals surface area (Å²) < 4.78 is 1.04. The van der Waals surface area contributed by atoms with Crippen molar-refractivity contribution >= 4 is 21.7 Å². The summed E-state index contributed by atoms with van der Waals surface area (Å²) in [4.78, 5) is 18.9. The first kappa shape index (κ1) is 15.7. The molecule has 25 heavy (non-hydrogen) atoms. The van der Waals surface area contributed by atoms with Gasteiger partial charge in [0, 0.05) is 53.6 Å². The standard InChI is InChI=1S/C19H22BrN5/c20-13-5-6-14(21-8-13)9-24-10-16-7-15(24)11-25(16)19-17-3-1-2-4-18(17)22-12-23-19/h5-6,8,12,15-16H,1-4,7,9-11H2. The summed E-state index contributed by atoms with van der Waals surface area (Å²) in [5.74, 6) is 1.22. The second kappa shape index (κ2) is 6.32. The third kappa shape index (κ3) is 2.85. The molecule has 2 saturated heterocycles. The summed E-state index contributed by atoms with van der Waals surface area (Å²) in [5, 5.41) is 0. The number of aromatic nitrogens is 3. The van der Waals surface area contributed by atoms with Crippen molar-refractivity contribution in [2.75, 3.05) is 18.0 Å². The molecule has 130 valence electrons. The number of likely N-dealkylation sites (tertiary alicyclic amines) is 1. The van der Waals surface area contributed by atoms with E-state index in [1.165, 1.54) is 36.3 Å². The van der Waals surface area contributed by atoms with Crippen LogP contribution >= 0.6 is 15.9 Å². The number of pyridine rings is 1. The predicted octanol–water partition coefficient (Wildman–Crippen LogP) is 2.98. The summed E-state index contributed by atoms with van der Waals surface area (Å²) in [6, 6.07) is 5.40. The Balaban J connectivity index is 1.32. The third-order valence-electron chi connectivity index (χ3n) is 5.88. The molecule has 5 nitrogen and oxygen atoms in total. The first-order valence-electron chi connectivity index (χ1n) is 9.22. The molecular weight excluding hydrogens is 378 g/mol. The fourth-order valence-corrected chi connectivity index (χ4v) is 4.90. The Morgan fingerprint density at radius 3 is 2.76 bits per heavy atom. The predicted molar refractivity (Wildman–Crippen MR) is 101 cm³/mol. The van der Waals surface area contributed by atoms with Gasteiger partial charge in [0.2, 0.25) is 0 Å². The second-order valence-corrected chi connectivity index (χ2v) is 8.34. The number of rotatable bonds is 3. The maximum absolute atomic E-state index is 4.69. The van der Waals surface area contributed by atoms with Crippen LogP contribution in [0.25, 0.3) is 0 Å². The third-order valence-corrected chi connectivity index (χ3v) is 6.35. The maximum atomic E-state index is 4.69. The molecular formula is C19H22BrN5. The van der Waals surface area contributed by atoms with Crippen LogP contribution in [0, 0.1) is 0 Å². The molecule has 2 atom stereocenters. The monoisotopic (exact) mass is 399 g/mol. The van der Waals surface area contributed by atoms with Gasteiger partial charge in [-0.3, -0.25) is 9.88 Å². The van der Waals surface area contributed by atoms with E-state index in [4.69, 9.17) is 4.98 Å². The average molecular weight is 400 g/mol. The molecule has 2 aromatic heterocycles. The van der Waals surface area contributed by atoms with Gasteiger partial charge in [0.15, 0.2) is 0 Å². The summed E-state index contributed by atoms with van der Waals surface area (Å²) in [7, 11) is 0. The van der Waals surface area contributed by atoms with Crippen LogP contribution in [-0.2, 0) is 19.4 Å². The van der Waals surface area contributed by atoms with Gasteiger partial charge in [-0.05, 0) is 60.2 Å². The van der Waals surface area contributed by atoms with E-state index >= 15 is 0 Å². The lowest BCUT2D eigenvalue weighted by molar-refractivity contribution is 0.227. The van der Waals surface area contributed by atoms with E-state index in [0.717, 1.165) is 42.6 Å². The van der Waals surface area contributed by atoms with Gasteiger partial charge >= 0.3 is 0 Å². The minimum Gasteiger partial charge on any atom is -0.350 e. The number of aryl methyl sites for hydroxylation is 1. The van der Waals surface area contributed by atoms with E-state index in [-0.39, 0.29) is 0 Å². The lowest BCUT2D eigenvalue weighted by Gasteiger charge is -2.36. The lowest BCUT2D eigenvalue weighted by Crippen LogP contribution is -2.46. The first-order valence-corrected chi connectivity index (χ1v) is 10.0. The lowest BCUT2D eigenvalue weighted by atomic mass is 9.96. The molecule has 2 aliphatic heterocycles. The minimum atomic E-state index is 0.585. The molecule has 5 rings (SSSR count). The van der Waals surface area contributed by atoms with E-state index in [0.29, 0.717) is 12.1 Å². The molecule has 2 unspecified atom stereocenters. The Hall–Kier alpha value is -1.53. The molecule has 3 aliphatic rings. The molecule has 4 heterocycles. The number of nitrogens with zero attached hydrogens (tertiary/aromatic N) is 5. The molecule has 0 N–H and O–H groups in total. The van der Waals surface area contributed by atoms with Crippen molar-refractivity contribution in [2.24, 2.45) is 0 Å². The van der Waals surface area contributed by atoms with E-state index in [9.17, 15) is 0 Å². The van der Waals surface area contributed by atoms with Crippen LogP contribution in [0.15, 0.2) is 29.1 Å². The van der Waals surface area contributed by atoms with Crippen LogP contribution in [0.3, 0.4) is 0 Å². The summed E-state index contributed by atoms with van der Waals surface area (Å²) in [5.41, 5.74) is 3.86. The van der Waals surface area contributed by atoms with Crippen LogP contribution < -0.4 is 4.90 Å². The van der Waals surface area contributed by atoms with Gasteiger partial charge < -0.3 is 4.90 Å². The Labute approximate surface area is 156 Å². The summed E-state index contributed by atoms with van der Waals surface area (Å²) in [6.07, 6.45) is 9.72. The zero-order valence-corrected chi connectivity index (χ0v) is 15.8. The second-order valence-electron chi connectivity index (χ2n) is 7.42. The summed E-state index contributed by atoms with van der Waals surface area (Å²) >= 11 is 3.46. The fourth-order valence-electron chi connectivity index (χ4n) is 4.66. The molecule has 6 heteroatoms. The Morgan fingerprint density at radius 2 is 1.96 bits per heavy atom. The van der Waals surface area contributed by atoms with Crippen molar-refractivity contribution in [1.82, 2.24) is 19.9 Å². The smallest absolute Gasteiger partial charge is 0.135 e. The van der Waals surface area contributed by atoms with Crippen molar-refractivity contribution in [2.45, 2.75) is 50.7 Å². The molecule has 1 aliphatic carbocycles. The Kier molecular flexibility index (Phi) is 3.97. The highest BCUT2D eigenvalue weighted by molar-refractivity contribution is 9.10. The van der Waals surface area contributed by atoms with Gasteiger partial charge in [0.25, 0.3) is 0 Å². The van der Waals surface area contributed by atoms with Gasteiger partial charge in [0.05, 0.1) is 5.69 Å². The van der Waals surface area contributed by atoms with Gasteiger partial charge in [-0.2, -0.15) is 0 Å². The minimum absolute atomic E-state index is 0.585. The Morgan fingerprint density at radius 1 is 1.04 bits per heavy atom. The van der Waals surface area contributed by atoms with Crippen LogP contribution in [-0.4, -0.2) is 45.0 Å². The fraction of sp³-hybridized carbons (Fsp3) is 0.526. The normalized spacial score (nSPS) is 25.4. The first-order chi connectivity index (χ1) is 12.3. The van der Waals surface area contributed by atoms with E-state index < -0.39 is 0 Å². The van der Waals surface area contributed by atoms with E-state index in [1.54, 1.807) is 6.33 Å². The zero-order chi connectivity index (χ0) is 16.8. The Bertz CT molecular complexity index is 778. The number of fused-ring (bicyclic) bond motifs is 3. The van der Waals surface area contributed by atoms with Gasteiger partial charge in [-0.15, -0.1) is 0 Å². The molecule has 0 spiro atoms. The zero-order valence-electron chi connectivity index (χ0n) is 14.2. The van der Waals surface area contributed by atoms with Crippen LogP contribution in [0.2, 0.25) is 0 Å². The largest absolute Gasteiger partial charge is 0.350 e. The topological polar surface area (TPSA) is 45.2 Å². The van der Waals surface area contributed by atoms with Crippen molar-refractivity contribution in [1.29, 1.82) is 0 Å². The van der Waals surface area contributed by atoms with Gasteiger partial charge in [-0.1, -0.05) is 0 Å². The molecule has 0 aromatic carbocycles. The number of hydrogen-bond acceptors (Lipinski definition) is 5. The quantitative estimate of drug-likeness (QED) is 0.793. The SMILES string of the molecule is Brc1ccc(CN2CC3CC2CN3c2ncnc3c2CCCC3)nc1. The highest BCUT2D eigenvalue weighted by Crippen LogP contribution is 2.37. The summed E-state index contributed by atoms with van der Waals surface area (Å²) in [6.45, 7) is 3.15. The van der Waals surface area contributed by atoms with Crippen molar-refractivity contribution in [3.63, 3.8) is 0 Å². The highest BCUT2D eigenvalue weighted by atomic mass is 79.9. The number of piperazine rings is 1. The molecule has 0 saturated carbocycles. The molecule has 2 bridgehead atoms. The van der Waals surface area contributed by atoms with Crippen LogP contribution in [0.1, 0.15) is 36.2 Å². The molecule has 2 aromatic rings. The molecule has 0 radical (unpaired) electrons. The van der Waals surface area contributed by atoms with E-state index in [2.05, 4.69) is 47.8 Å². The maximum Gasteiger partial charge on any atom is 0.135 e. The van der Waals surface area contributed by atoms with Crippen molar-refractivity contribution in [3.8, 4) is 0 Å². The number of hydrogen-bond donors (Lipinski definition) is 0. The van der Waals surface area contributed by atoms with E-state index in [1.807, 2.05) is 6.20 Å². The van der Waals surface area contributed by atoms with Gasteiger partial charge in [0.1, 0.15) is 12.1 Å². The highest BCUT2D eigenvalue weighted by Gasteiger charge is 2.44. The van der Waals surface area contributed by atoms with Crippen molar-refractivity contribution < 1.29 is 0 Å². The van der Waals surface area contributed by atoms with Crippen LogP contribution in [0.4, 0.5) is 5.82 Å². The molecule has 0 amide bonds. The number of anilines is 1. The van der Waals surface area contributed by atoms with Gasteiger partial charge in [-0.25, -0.2) is 9.97 Å². The average Bonchev–Trinajstić information content (AvgIpc) is 3.23.